The lowest BCUT2D eigenvalue weighted by Crippen LogP contribution is -2.59. The second-order valence-corrected chi connectivity index (χ2v) is 5.44. The fraction of sp³-hybridized carbons (Fsp3) is 0.611. The Morgan fingerprint density at radius 1 is 1.30 bits per heavy atom. The second-order valence-electron chi connectivity index (χ2n) is 5.44. The summed E-state index contributed by atoms with van der Waals surface area (Å²) in [7, 11) is 0. The van der Waals surface area contributed by atoms with Crippen LogP contribution in [0.15, 0.2) is 24.3 Å². The average molecular weight is 323 g/mol. The van der Waals surface area contributed by atoms with E-state index in [1.165, 1.54) is 0 Å². The molecule has 1 amide bonds. The van der Waals surface area contributed by atoms with Gasteiger partial charge in [0, 0.05) is 12.2 Å². The summed E-state index contributed by atoms with van der Waals surface area (Å²) in [5.74, 6) is -0.176. The molecule has 2 N–H and O–H groups in total. The number of hydrogen-bond acceptors (Lipinski definition) is 4. The quantitative estimate of drug-likeness (QED) is 0.650. The molecule has 23 heavy (non-hydrogen) atoms. The van der Waals surface area contributed by atoms with Gasteiger partial charge >= 0.3 is 0 Å². The molecule has 2 atom stereocenters. The molecule has 0 aromatic heterocycles. The van der Waals surface area contributed by atoms with Gasteiger partial charge in [0.1, 0.15) is 6.10 Å². The molecular formula is C18H29NO4. The number of aliphatic hydroxyl groups is 1. The summed E-state index contributed by atoms with van der Waals surface area (Å²) >= 11 is 0. The standard InChI is InChI=1S/C18H29NO4/c1-5-16(22-13-12-20)18(6-2,23-7-3)19-17(21)15-11-9-8-10-14(15)4/h8-11,16,20H,5-7,12-13H2,1-4H3,(H,19,21). The van der Waals surface area contributed by atoms with E-state index < -0.39 is 5.72 Å². The van der Waals surface area contributed by atoms with E-state index in [1.807, 2.05) is 45.9 Å². The molecule has 0 saturated heterocycles. The number of benzene rings is 1. The van der Waals surface area contributed by atoms with Crippen molar-refractivity contribution >= 4 is 5.91 Å². The van der Waals surface area contributed by atoms with Crippen molar-refractivity contribution in [1.29, 1.82) is 0 Å². The van der Waals surface area contributed by atoms with Crippen LogP contribution in [0.2, 0.25) is 0 Å². The Hall–Kier alpha value is -1.43. The molecule has 0 fully saturated rings. The van der Waals surface area contributed by atoms with E-state index >= 15 is 0 Å². The van der Waals surface area contributed by atoms with Crippen molar-refractivity contribution in [2.75, 3.05) is 19.8 Å². The van der Waals surface area contributed by atoms with E-state index in [0.717, 1.165) is 5.56 Å². The van der Waals surface area contributed by atoms with Gasteiger partial charge in [0.05, 0.1) is 13.2 Å². The zero-order chi connectivity index (χ0) is 17.3. The van der Waals surface area contributed by atoms with Gasteiger partial charge in [-0.05, 0) is 38.3 Å². The van der Waals surface area contributed by atoms with Crippen LogP contribution in [-0.2, 0) is 9.47 Å². The maximum Gasteiger partial charge on any atom is 0.253 e. The molecule has 0 heterocycles. The molecule has 130 valence electrons. The van der Waals surface area contributed by atoms with Crippen molar-refractivity contribution in [3.8, 4) is 0 Å². The molecule has 0 aliphatic rings. The van der Waals surface area contributed by atoms with Crippen molar-refractivity contribution in [2.45, 2.75) is 52.4 Å². The van der Waals surface area contributed by atoms with Crippen LogP contribution in [0.1, 0.15) is 49.5 Å². The van der Waals surface area contributed by atoms with Gasteiger partial charge in [0.25, 0.3) is 5.91 Å². The van der Waals surface area contributed by atoms with Gasteiger partial charge in [0.15, 0.2) is 5.72 Å². The summed E-state index contributed by atoms with van der Waals surface area (Å²) in [5.41, 5.74) is 0.635. The van der Waals surface area contributed by atoms with Crippen molar-refractivity contribution in [3.63, 3.8) is 0 Å². The van der Waals surface area contributed by atoms with Crippen LogP contribution in [0.4, 0.5) is 0 Å². The van der Waals surface area contributed by atoms with E-state index in [4.69, 9.17) is 14.6 Å². The highest BCUT2D eigenvalue weighted by molar-refractivity contribution is 5.96. The highest BCUT2D eigenvalue weighted by Gasteiger charge is 2.40. The first-order valence-corrected chi connectivity index (χ1v) is 8.29. The van der Waals surface area contributed by atoms with Gasteiger partial charge in [-0.2, -0.15) is 0 Å². The van der Waals surface area contributed by atoms with Crippen molar-refractivity contribution < 1.29 is 19.4 Å². The number of aliphatic hydroxyl groups excluding tert-OH is 1. The summed E-state index contributed by atoms with van der Waals surface area (Å²) < 4.78 is 11.6. The van der Waals surface area contributed by atoms with Gasteiger partial charge in [-0.1, -0.05) is 32.0 Å². The van der Waals surface area contributed by atoms with E-state index in [9.17, 15) is 4.79 Å². The van der Waals surface area contributed by atoms with Crippen LogP contribution >= 0.6 is 0 Å². The number of hydrogen-bond donors (Lipinski definition) is 2. The van der Waals surface area contributed by atoms with Gasteiger partial charge in [0.2, 0.25) is 0 Å². The lowest BCUT2D eigenvalue weighted by molar-refractivity contribution is -0.161. The zero-order valence-electron chi connectivity index (χ0n) is 14.6. The fourth-order valence-corrected chi connectivity index (χ4v) is 2.75. The number of amides is 1. The zero-order valence-corrected chi connectivity index (χ0v) is 14.6. The topological polar surface area (TPSA) is 67.8 Å². The maximum atomic E-state index is 12.7. The average Bonchev–Trinajstić information content (AvgIpc) is 2.55. The van der Waals surface area contributed by atoms with E-state index in [2.05, 4.69) is 5.32 Å². The third-order valence-electron chi connectivity index (χ3n) is 3.94. The van der Waals surface area contributed by atoms with Gasteiger partial charge in [-0.15, -0.1) is 0 Å². The molecular weight excluding hydrogens is 294 g/mol. The molecule has 0 spiro atoms. The molecule has 1 aromatic rings. The summed E-state index contributed by atoms with van der Waals surface area (Å²) in [6.45, 7) is 8.35. The smallest absolute Gasteiger partial charge is 0.253 e. The second kappa shape index (κ2) is 9.65. The molecule has 0 aliphatic carbocycles. The molecule has 5 nitrogen and oxygen atoms in total. The lowest BCUT2D eigenvalue weighted by Gasteiger charge is -2.40. The first-order chi connectivity index (χ1) is 11.0. The van der Waals surface area contributed by atoms with Gasteiger partial charge in [-0.25, -0.2) is 0 Å². The predicted octanol–water partition coefficient (Wildman–Crippen LogP) is 2.66. The number of rotatable bonds is 10. The summed E-state index contributed by atoms with van der Waals surface area (Å²) in [5, 5.41) is 12.1. The van der Waals surface area contributed by atoms with Crippen LogP contribution in [0.25, 0.3) is 0 Å². The SMILES string of the molecule is CCOC(CC)(NC(=O)c1ccccc1C)C(CC)OCCO. The highest BCUT2D eigenvalue weighted by atomic mass is 16.6. The summed E-state index contributed by atoms with van der Waals surface area (Å²) in [6.07, 6.45) is 0.914. The minimum absolute atomic E-state index is 0.0614. The Labute approximate surface area is 139 Å². The molecule has 0 radical (unpaired) electrons. The molecule has 5 heteroatoms. The monoisotopic (exact) mass is 323 g/mol. The molecule has 0 saturated carbocycles. The first-order valence-electron chi connectivity index (χ1n) is 8.29. The Morgan fingerprint density at radius 2 is 2.00 bits per heavy atom. The fourth-order valence-electron chi connectivity index (χ4n) is 2.75. The number of carbonyl (C=O) groups is 1. The third kappa shape index (κ3) is 5.03. The Kier molecular flexibility index (Phi) is 8.23. The van der Waals surface area contributed by atoms with Crippen LogP contribution < -0.4 is 5.32 Å². The largest absolute Gasteiger partial charge is 0.394 e. The molecule has 1 aromatic carbocycles. The highest BCUT2D eigenvalue weighted by Crippen LogP contribution is 2.24. The number of ether oxygens (including phenoxy) is 2. The van der Waals surface area contributed by atoms with Crippen molar-refractivity contribution in [3.05, 3.63) is 35.4 Å². The van der Waals surface area contributed by atoms with E-state index in [1.54, 1.807) is 6.07 Å². The van der Waals surface area contributed by atoms with Crippen LogP contribution in [0, 0.1) is 6.92 Å². The number of nitrogens with one attached hydrogen (secondary N) is 1. The van der Waals surface area contributed by atoms with Crippen LogP contribution in [0.3, 0.4) is 0 Å². The van der Waals surface area contributed by atoms with Crippen molar-refractivity contribution in [1.82, 2.24) is 5.32 Å². The predicted molar refractivity (Wildman–Crippen MR) is 90.4 cm³/mol. The Bertz CT molecular complexity index is 492. The maximum absolute atomic E-state index is 12.7. The Balaban J connectivity index is 3.05. The lowest BCUT2D eigenvalue weighted by atomic mass is 9.99. The van der Waals surface area contributed by atoms with Crippen molar-refractivity contribution in [2.24, 2.45) is 0 Å². The summed E-state index contributed by atoms with van der Waals surface area (Å²) in [6, 6.07) is 7.45. The third-order valence-corrected chi connectivity index (χ3v) is 3.94. The molecule has 2 unspecified atom stereocenters. The molecule has 0 bridgehead atoms. The minimum atomic E-state index is -0.905. The van der Waals surface area contributed by atoms with Gasteiger partial charge in [-0.3, -0.25) is 4.79 Å². The molecule has 1 rings (SSSR count). The number of carbonyl (C=O) groups excluding carboxylic acids is 1. The van der Waals surface area contributed by atoms with Gasteiger partial charge < -0.3 is 19.9 Å². The van der Waals surface area contributed by atoms with E-state index in [0.29, 0.717) is 25.0 Å². The van der Waals surface area contributed by atoms with Crippen LogP contribution in [-0.4, -0.2) is 42.7 Å². The van der Waals surface area contributed by atoms with E-state index in [-0.39, 0.29) is 25.2 Å². The first kappa shape index (κ1) is 19.6. The minimum Gasteiger partial charge on any atom is -0.394 e. The normalized spacial score (nSPS) is 15.0. The molecule has 0 aliphatic heterocycles. The Morgan fingerprint density at radius 3 is 2.52 bits per heavy atom. The summed E-state index contributed by atoms with van der Waals surface area (Å²) in [4.78, 5) is 12.7. The number of aryl methyl sites for hydroxylation is 1. The van der Waals surface area contributed by atoms with Crippen LogP contribution in [0.5, 0.6) is 0 Å².